The second-order valence-electron chi connectivity index (χ2n) is 0.834. The van der Waals surface area contributed by atoms with Gasteiger partial charge < -0.3 is 4.89 Å². The second-order valence-corrected chi connectivity index (χ2v) is 2.50. The quantitative estimate of drug-likeness (QED) is 0.542. The Bertz CT molecular complexity index is 87.8. The van der Waals surface area contributed by atoms with Crippen molar-refractivity contribution in [1.82, 2.24) is 0 Å². The minimum absolute atomic E-state index is 0. The minimum atomic E-state index is -3.65. The summed E-state index contributed by atoms with van der Waals surface area (Å²) in [5, 5.41) is 0. The van der Waals surface area contributed by atoms with E-state index < -0.39 is 7.82 Å². The summed E-state index contributed by atoms with van der Waals surface area (Å²) < 4.78 is 18.0. The van der Waals surface area contributed by atoms with Gasteiger partial charge in [0.25, 0.3) is 0 Å². The summed E-state index contributed by atoms with van der Waals surface area (Å²) in [7, 11) is -1.45. The summed E-state index contributed by atoms with van der Waals surface area (Å²) in [5.74, 6) is 0. The Morgan fingerprint density at radius 3 is 1.56 bits per heavy atom. The van der Waals surface area contributed by atoms with Gasteiger partial charge in [-0.25, -0.2) is 4.57 Å². The standard InChI is InChI=1S/C2H7O4P.CH4.Zn/c1-5-7(3,4)6-2;;/h1-2H3,(H,3,4);1H4;. The largest absolute Gasteiger partial charge is 0.471 e. The van der Waals surface area contributed by atoms with Crippen molar-refractivity contribution in [1.29, 1.82) is 0 Å². The van der Waals surface area contributed by atoms with E-state index in [1.807, 2.05) is 0 Å². The summed E-state index contributed by atoms with van der Waals surface area (Å²) in [5.41, 5.74) is 0. The van der Waals surface area contributed by atoms with E-state index >= 15 is 0 Å². The fourth-order valence-electron chi connectivity index (χ4n) is 0.0745. The minimum Gasteiger partial charge on any atom is -0.303 e. The molecule has 1 N–H and O–H groups in total. The van der Waals surface area contributed by atoms with Crippen molar-refractivity contribution in [3.63, 3.8) is 0 Å². The Morgan fingerprint density at radius 2 is 1.56 bits per heavy atom. The van der Waals surface area contributed by atoms with Crippen molar-refractivity contribution in [2.24, 2.45) is 0 Å². The zero-order chi connectivity index (χ0) is 5.91. The Morgan fingerprint density at radius 1 is 1.33 bits per heavy atom. The summed E-state index contributed by atoms with van der Waals surface area (Å²) in [6.07, 6.45) is 0. The molecule has 0 aromatic heterocycles. The monoisotopic (exact) mass is 206 g/mol. The third kappa shape index (κ3) is 8.73. The summed E-state index contributed by atoms with van der Waals surface area (Å²) in [4.78, 5) is 8.24. The maximum Gasteiger partial charge on any atom is 0.471 e. The van der Waals surface area contributed by atoms with E-state index in [1.54, 1.807) is 0 Å². The molecule has 0 unspecified atom stereocenters. The van der Waals surface area contributed by atoms with Gasteiger partial charge >= 0.3 is 7.82 Å². The van der Waals surface area contributed by atoms with Crippen molar-refractivity contribution in [3.8, 4) is 0 Å². The molecule has 0 aromatic carbocycles. The van der Waals surface area contributed by atoms with Crippen molar-refractivity contribution < 1.29 is 38.0 Å². The van der Waals surface area contributed by atoms with Gasteiger partial charge in [0.2, 0.25) is 0 Å². The molecule has 0 aliphatic heterocycles. The van der Waals surface area contributed by atoms with Crippen LogP contribution < -0.4 is 0 Å². The van der Waals surface area contributed by atoms with E-state index in [4.69, 9.17) is 4.89 Å². The van der Waals surface area contributed by atoms with Crippen LogP contribution in [0.3, 0.4) is 0 Å². The van der Waals surface area contributed by atoms with Crippen LogP contribution in [0, 0.1) is 0 Å². The van der Waals surface area contributed by atoms with Gasteiger partial charge in [-0.15, -0.1) is 0 Å². The maximum absolute atomic E-state index is 10.1. The molecule has 0 fully saturated rings. The Hall–Kier alpha value is 0.733. The molecule has 0 bridgehead atoms. The fourth-order valence-corrected chi connectivity index (χ4v) is 0.224. The van der Waals surface area contributed by atoms with Gasteiger partial charge in [-0.2, -0.15) is 0 Å². The molecule has 0 radical (unpaired) electrons. The molecule has 0 saturated carbocycles. The molecule has 9 heavy (non-hydrogen) atoms. The predicted octanol–water partition coefficient (Wildman–Crippen LogP) is 1.01. The van der Waals surface area contributed by atoms with Gasteiger partial charge in [0, 0.05) is 33.7 Å². The first-order chi connectivity index (χ1) is 3.12. The normalized spacial score (nSPS) is 9.22. The zero-order valence-corrected chi connectivity index (χ0v) is 8.69. The first kappa shape index (κ1) is 16.4. The average Bonchev–Trinajstić information content (AvgIpc) is 1.68. The van der Waals surface area contributed by atoms with E-state index in [9.17, 15) is 4.57 Å². The predicted molar refractivity (Wildman–Crippen MR) is 30.6 cm³/mol. The van der Waals surface area contributed by atoms with Gasteiger partial charge in [-0.05, 0) is 0 Å². The molecule has 0 aromatic rings. The molecular formula is C3H11O4PZn. The third-order valence-corrected chi connectivity index (χ3v) is 1.38. The topological polar surface area (TPSA) is 55.8 Å². The van der Waals surface area contributed by atoms with Crippen LogP contribution in [0.15, 0.2) is 0 Å². The van der Waals surface area contributed by atoms with E-state index in [1.165, 1.54) is 0 Å². The molecule has 0 atom stereocenters. The van der Waals surface area contributed by atoms with Crippen LogP contribution >= 0.6 is 7.82 Å². The number of hydrogen-bond acceptors (Lipinski definition) is 3. The van der Waals surface area contributed by atoms with Crippen molar-refractivity contribution >= 4 is 7.82 Å². The van der Waals surface area contributed by atoms with Gasteiger partial charge in [0.05, 0.1) is 0 Å². The molecule has 0 aliphatic rings. The Kier molecular flexibility index (Phi) is 12.5. The molecule has 0 amide bonds. The van der Waals surface area contributed by atoms with Crippen LogP contribution in [0.2, 0.25) is 0 Å². The van der Waals surface area contributed by atoms with Crippen molar-refractivity contribution in [3.05, 3.63) is 0 Å². The van der Waals surface area contributed by atoms with Crippen LogP contribution in [-0.2, 0) is 33.1 Å². The number of rotatable bonds is 2. The molecule has 0 spiro atoms. The average molecular weight is 207 g/mol. The first-order valence-corrected chi connectivity index (χ1v) is 3.06. The number of phosphoric acid groups is 1. The summed E-state index contributed by atoms with van der Waals surface area (Å²) in [6, 6.07) is 0. The van der Waals surface area contributed by atoms with Crippen molar-refractivity contribution in [2.75, 3.05) is 14.2 Å². The molecule has 0 aliphatic carbocycles. The molecule has 54 valence electrons. The zero-order valence-electron chi connectivity index (χ0n) is 4.83. The van der Waals surface area contributed by atoms with Gasteiger partial charge in [-0.3, -0.25) is 9.05 Å². The van der Waals surface area contributed by atoms with Crippen LogP contribution in [0.5, 0.6) is 0 Å². The fraction of sp³-hybridized carbons (Fsp3) is 1.00. The maximum atomic E-state index is 10.1. The Labute approximate surface area is 67.9 Å². The number of phosphoric ester groups is 1. The summed E-state index contributed by atoms with van der Waals surface area (Å²) >= 11 is 0. The molecule has 0 heterocycles. The molecule has 0 saturated heterocycles. The van der Waals surface area contributed by atoms with Crippen LogP contribution in [0.4, 0.5) is 0 Å². The smallest absolute Gasteiger partial charge is 0.303 e. The first-order valence-electron chi connectivity index (χ1n) is 1.56. The second kappa shape index (κ2) is 6.85. The van der Waals surface area contributed by atoms with Crippen LogP contribution in [0.1, 0.15) is 7.43 Å². The van der Waals surface area contributed by atoms with Gasteiger partial charge in [0.15, 0.2) is 0 Å². The van der Waals surface area contributed by atoms with Gasteiger partial charge in [0.1, 0.15) is 0 Å². The third-order valence-electron chi connectivity index (χ3n) is 0.461. The van der Waals surface area contributed by atoms with Crippen LogP contribution in [-0.4, -0.2) is 19.1 Å². The van der Waals surface area contributed by atoms with Crippen LogP contribution in [0.25, 0.3) is 0 Å². The van der Waals surface area contributed by atoms with E-state index in [0.717, 1.165) is 14.2 Å². The Balaban J connectivity index is -0.000000180. The SMILES string of the molecule is C.COP(=O)(O)OC.[Zn]. The molecule has 0 rings (SSSR count). The molecular weight excluding hydrogens is 196 g/mol. The van der Waals surface area contributed by atoms with Gasteiger partial charge in [-0.1, -0.05) is 7.43 Å². The van der Waals surface area contributed by atoms with E-state index in [0.29, 0.717) is 0 Å². The van der Waals surface area contributed by atoms with E-state index in [2.05, 4.69) is 9.05 Å². The molecule has 4 nitrogen and oxygen atoms in total. The number of hydrogen-bond donors (Lipinski definition) is 1. The summed E-state index contributed by atoms with van der Waals surface area (Å²) in [6.45, 7) is 0. The van der Waals surface area contributed by atoms with E-state index in [-0.39, 0.29) is 26.9 Å². The van der Waals surface area contributed by atoms with Crippen molar-refractivity contribution in [2.45, 2.75) is 7.43 Å². The molecule has 6 heteroatoms.